The minimum Gasteiger partial charge on any atom is -0.348 e. The van der Waals surface area contributed by atoms with Crippen LogP contribution in [0.2, 0.25) is 0 Å². The van der Waals surface area contributed by atoms with E-state index in [2.05, 4.69) is 44.5 Å². The third-order valence-corrected chi connectivity index (χ3v) is 4.07. The van der Waals surface area contributed by atoms with E-state index < -0.39 is 0 Å². The molecule has 116 valence electrons. The first-order chi connectivity index (χ1) is 11.3. The van der Waals surface area contributed by atoms with Crippen LogP contribution in [-0.2, 0) is 6.54 Å². The van der Waals surface area contributed by atoms with E-state index in [1.807, 2.05) is 37.4 Å². The molecule has 1 aromatic carbocycles. The summed E-state index contributed by atoms with van der Waals surface area (Å²) in [5.41, 5.74) is 2.27. The van der Waals surface area contributed by atoms with Crippen LogP contribution in [0.15, 0.2) is 54.7 Å². The summed E-state index contributed by atoms with van der Waals surface area (Å²) < 4.78 is 1.75. The van der Waals surface area contributed by atoms with E-state index in [1.54, 1.807) is 4.68 Å². The molecule has 23 heavy (non-hydrogen) atoms. The van der Waals surface area contributed by atoms with Crippen molar-refractivity contribution in [2.45, 2.75) is 32.4 Å². The van der Waals surface area contributed by atoms with E-state index in [0.29, 0.717) is 6.04 Å². The minimum atomic E-state index is 0.585. The molecule has 0 aliphatic heterocycles. The Morgan fingerprint density at radius 2 is 1.87 bits per heavy atom. The third kappa shape index (κ3) is 3.08. The van der Waals surface area contributed by atoms with Crippen LogP contribution in [0.5, 0.6) is 0 Å². The Bertz CT molecular complexity index is 775. The molecule has 0 N–H and O–H groups in total. The second-order valence-corrected chi connectivity index (χ2v) is 6.00. The Balaban J connectivity index is 1.57. The highest BCUT2D eigenvalue weighted by molar-refractivity contribution is 5.43. The zero-order chi connectivity index (χ0) is 15.6. The average molecular weight is 305 g/mol. The fraction of sp³-hybridized carbons (Fsp3) is 0.278. The van der Waals surface area contributed by atoms with Gasteiger partial charge in [0.25, 0.3) is 0 Å². The summed E-state index contributed by atoms with van der Waals surface area (Å²) in [7, 11) is 0. The lowest BCUT2D eigenvalue weighted by atomic mass is 10.2. The maximum atomic E-state index is 4.44. The molecule has 5 nitrogen and oxygen atoms in total. The van der Waals surface area contributed by atoms with E-state index >= 15 is 0 Å². The SMILES string of the molecule is Cc1ccn(-c2ccc(N(Cc3ccccc3)C3CC3)nn2)n1. The predicted octanol–water partition coefficient (Wildman–Crippen LogP) is 3.14. The molecule has 0 bridgehead atoms. The smallest absolute Gasteiger partial charge is 0.175 e. The topological polar surface area (TPSA) is 46.8 Å². The molecule has 3 aromatic rings. The molecular weight excluding hydrogens is 286 g/mol. The van der Waals surface area contributed by atoms with E-state index in [9.17, 15) is 0 Å². The number of hydrogen-bond donors (Lipinski definition) is 0. The van der Waals surface area contributed by atoms with Crippen LogP contribution in [0, 0.1) is 6.92 Å². The average Bonchev–Trinajstić information content (AvgIpc) is 3.34. The fourth-order valence-corrected chi connectivity index (χ4v) is 2.70. The monoisotopic (exact) mass is 305 g/mol. The number of nitrogens with zero attached hydrogens (tertiary/aromatic N) is 5. The van der Waals surface area contributed by atoms with Crippen LogP contribution in [0.25, 0.3) is 5.82 Å². The van der Waals surface area contributed by atoms with Crippen LogP contribution in [0.3, 0.4) is 0 Å². The highest BCUT2D eigenvalue weighted by Crippen LogP contribution is 2.31. The lowest BCUT2D eigenvalue weighted by Crippen LogP contribution is -2.26. The van der Waals surface area contributed by atoms with E-state index in [4.69, 9.17) is 0 Å². The first kappa shape index (κ1) is 13.9. The van der Waals surface area contributed by atoms with Gasteiger partial charge in [0, 0.05) is 18.8 Å². The fourth-order valence-electron chi connectivity index (χ4n) is 2.70. The zero-order valence-corrected chi connectivity index (χ0v) is 13.1. The highest BCUT2D eigenvalue weighted by atomic mass is 15.4. The second-order valence-electron chi connectivity index (χ2n) is 6.00. The second kappa shape index (κ2) is 5.83. The molecule has 0 unspecified atom stereocenters. The Labute approximate surface area is 135 Å². The van der Waals surface area contributed by atoms with Crippen LogP contribution in [0.4, 0.5) is 5.82 Å². The van der Waals surface area contributed by atoms with Crippen molar-refractivity contribution in [3.05, 3.63) is 66.0 Å². The molecular formula is C18H19N5. The maximum Gasteiger partial charge on any atom is 0.175 e. The normalized spacial score (nSPS) is 14.0. The maximum absolute atomic E-state index is 4.44. The van der Waals surface area contributed by atoms with Gasteiger partial charge < -0.3 is 4.90 Å². The van der Waals surface area contributed by atoms with E-state index in [1.165, 1.54) is 18.4 Å². The lowest BCUT2D eigenvalue weighted by molar-refractivity contribution is 0.747. The molecule has 0 spiro atoms. The standard InChI is InChI=1S/C18H19N5/c1-14-11-12-23(21-14)18-10-9-17(19-20-18)22(16-7-8-16)13-15-5-3-2-4-6-15/h2-6,9-12,16H,7-8,13H2,1H3. The molecule has 0 saturated heterocycles. The lowest BCUT2D eigenvalue weighted by Gasteiger charge is -2.23. The van der Waals surface area contributed by atoms with Crippen LogP contribution >= 0.6 is 0 Å². The van der Waals surface area contributed by atoms with Gasteiger partial charge in [0.15, 0.2) is 11.6 Å². The molecule has 2 heterocycles. The van der Waals surface area contributed by atoms with Crippen molar-refractivity contribution in [1.29, 1.82) is 0 Å². The molecule has 1 aliphatic carbocycles. The first-order valence-corrected chi connectivity index (χ1v) is 7.96. The number of benzene rings is 1. The van der Waals surface area contributed by atoms with Crippen LogP contribution in [-0.4, -0.2) is 26.0 Å². The summed E-state index contributed by atoms with van der Waals surface area (Å²) in [5.74, 6) is 1.68. The largest absolute Gasteiger partial charge is 0.348 e. The molecule has 2 aromatic heterocycles. The van der Waals surface area contributed by atoms with Gasteiger partial charge in [-0.25, -0.2) is 4.68 Å². The van der Waals surface area contributed by atoms with Crippen molar-refractivity contribution in [3.8, 4) is 5.82 Å². The van der Waals surface area contributed by atoms with Crippen molar-refractivity contribution < 1.29 is 0 Å². The summed E-state index contributed by atoms with van der Waals surface area (Å²) in [6, 6.07) is 17.1. The van der Waals surface area contributed by atoms with Crippen LogP contribution < -0.4 is 4.90 Å². The molecule has 0 amide bonds. The molecule has 1 saturated carbocycles. The molecule has 5 heteroatoms. The van der Waals surface area contributed by atoms with Crippen molar-refractivity contribution in [2.75, 3.05) is 4.90 Å². The predicted molar refractivity (Wildman–Crippen MR) is 89.5 cm³/mol. The summed E-state index contributed by atoms with van der Waals surface area (Å²) in [4.78, 5) is 2.35. The Kier molecular flexibility index (Phi) is 3.54. The number of aromatic nitrogens is 4. The summed E-state index contributed by atoms with van der Waals surface area (Å²) in [6.45, 7) is 2.84. The van der Waals surface area contributed by atoms with Gasteiger partial charge in [0.1, 0.15) is 0 Å². The van der Waals surface area contributed by atoms with Crippen molar-refractivity contribution >= 4 is 5.82 Å². The zero-order valence-electron chi connectivity index (χ0n) is 13.1. The summed E-state index contributed by atoms with van der Waals surface area (Å²) in [5, 5.41) is 13.2. The van der Waals surface area contributed by atoms with E-state index in [0.717, 1.165) is 23.9 Å². The number of anilines is 1. The van der Waals surface area contributed by atoms with Gasteiger partial charge in [0.2, 0.25) is 0 Å². The van der Waals surface area contributed by atoms with Crippen molar-refractivity contribution in [2.24, 2.45) is 0 Å². The van der Waals surface area contributed by atoms with Crippen molar-refractivity contribution in [1.82, 2.24) is 20.0 Å². The number of rotatable bonds is 5. The quantitative estimate of drug-likeness (QED) is 0.726. The molecule has 1 fully saturated rings. The first-order valence-electron chi connectivity index (χ1n) is 7.96. The summed E-state index contributed by atoms with van der Waals surface area (Å²) in [6.07, 6.45) is 4.37. The van der Waals surface area contributed by atoms with Gasteiger partial charge in [-0.3, -0.25) is 0 Å². The minimum absolute atomic E-state index is 0.585. The Morgan fingerprint density at radius 3 is 2.48 bits per heavy atom. The molecule has 0 atom stereocenters. The Hall–Kier alpha value is -2.69. The van der Waals surface area contributed by atoms with Gasteiger partial charge in [-0.2, -0.15) is 5.10 Å². The van der Waals surface area contributed by atoms with Gasteiger partial charge in [0.05, 0.1) is 5.69 Å². The molecule has 4 rings (SSSR count). The van der Waals surface area contributed by atoms with Gasteiger partial charge in [-0.1, -0.05) is 30.3 Å². The summed E-state index contributed by atoms with van der Waals surface area (Å²) >= 11 is 0. The number of aryl methyl sites for hydroxylation is 1. The van der Waals surface area contributed by atoms with Gasteiger partial charge in [-0.15, -0.1) is 10.2 Å². The van der Waals surface area contributed by atoms with Crippen LogP contribution in [0.1, 0.15) is 24.1 Å². The van der Waals surface area contributed by atoms with Gasteiger partial charge in [-0.05, 0) is 43.5 Å². The molecule has 0 radical (unpaired) electrons. The Morgan fingerprint density at radius 1 is 1.04 bits per heavy atom. The van der Waals surface area contributed by atoms with E-state index in [-0.39, 0.29) is 0 Å². The highest BCUT2D eigenvalue weighted by Gasteiger charge is 2.30. The van der Waals surface area contributed by atoms with Gasteiger partial charge >= 0.3 is 0 Å². The molecule has 1 aliphatic rings. The van der Waals surface area contributed by atoms with Crippen molar-refractivity contribution in [3.63, 3.8) is 0 Å². The third-order valence-electron chi connectivity index (χ3n) is 4.07. The number of hydrogen-bond acceptors (Lipinski definition) is 4.